The number of aliphatic carboxylic acids is 2. The Labute approximate surface area is 216 Å². The van der Waals surface area contributed by atoms with Gasteiger partial charge in [0.25, 0.3) is 11.5 Å². The minimum Gasteiger partial charge on any atom is -0.481 e. The van der Waals surface area contributed by atoms with Crippen LogP contribution in [0.15, 0.2) is 29.1 Å². The quantitative estimate of drug-likeness (QED) is 0.224. The molecule has 8 N–H and O–H groups in total. The molecule has 2 aromatic rings. The zero-order chi connectivity index (χ0) is 24.1. The van der Waals surface area contributed by atoms with E-state index in [1.807, 2.05) is 4.90 Å². The van der Waals surface area contributed by atoms with Gasteiger partial charge in [0.05, 0.1) is 6.04 Å². The second-order valence-electron chi connectivity index (χ2n) is 7.55. The topological polar surface area (TPSA) is 203 Å². The summed E-state index contributed by atoms with van der Waals surface area (Å²) in [6, 6.07) is 5.03. The van der Waals surface area contributed by atoms with Crippen molar-refractivity contribution in [2.45, 2.75) is 24.9 Å². The molecule has 1 aromatic carbocycles. The summed E-state index contributed by atoms with van der Waals surface area (Å²) in [6.07, 6.45) is -0.586. The smallest absolute Gasteiger partial charge is 0.326 e. The zero-order valence-electron chi connectivity index (χ0n) is 18.8. The van der Waals surface area contributed by atoms with Gasteiger partial charge in [0.2, 0.25) is 5.95 Å². The summed E-state index contributed by atoms with van der Waals surface area (Å²) in [5.74, 6) is -2.59. The van der Waals surface area contributed by atoms with Crippen LogP contribution in [0.1, 0.15) is 23.2 Å². The number of aromatic nitrogens is 2. The Morgan fingerprint density at radius 1 is 1.26 bits per heavy atom. The summed E-state index contributed by atoms with van der Waals surface area (Å²) in [5.41, 5.74) is 6.59. The number of likely N-dealkylation sites (N-methyl/N-ethyl adjacent to an activating group) is 1. The van der Waals surface area contributed by atoms with Gasteiger partial charge < -0.3 is 36.8 Å². The standard InChI is InChI=1S/C20H25N7O6.Na/c1-27-12(9-23-16-15(27)18(31)26-20(21)25-16)8-22-11-4-2-10(3-5-11)17(30)24-13(19(32)33)6-7-14(28)29;/h2-5,12-13,22H,6-9H2,1H3,(H,24,30)(H,28,29)(H,32,33)(H4,21,23,25,26,31);/t12-,13-;/m0./s1. The van der Waals surface area contributed by atoms with E-state index in [0.717, 1.165) is 5.69 Å². The van der Waals surface area contributed by atoms with Gasteiger partial charge in [-0.2, -0.15) is 4.98 Å². The second-order valence-corrected chi connectivity index (χ2v) is 7.55. The number of carbonyl (C=O) groups is 3. The van der Waals surface area contributed by atoms with Crippen LogP contribution in [-0.2, 0) is 9.59 Å². The Bertz CT molecular complexity index is 1110. The maximum Gasteiger partial charge on any atom is 0.326 e. The number of fused-ring (bicyclic) bond motifs is 1. The Morgan fingerprint density at radius 3 is 2.56 bits per heavy atom. The van der Waals surface area contributed by atoms with Crippen molar-refractivity contribution in [3.8, 4) is 0 Å². The third kappa shape index (κ3) is 6.62. The Hall–Kier alpha value is -3.29. The third-order valence-electron chi connectivity index (χ3n) is 5.26. The van der Waals surface area contributed by atoms with Crippen molar-refractivity contribution in [3.05, 3.63) is 40.2 Å². The molecule has 1 aliphatic heterocycles. The van der Waals surface area contributed by atoms with E-state index in [-0.39, 0.29) is 65.5 Å². The normalized spacial score (nSPS) is 15.2. The molecule has 0 spiro atoms. The number of carboxylic acids is 2. The maximum atomic E-state index is 12.3. The molecule has 13 nitrogen and oxygen atoms in total. The fourth-order valence-electron chi connectivity index (χ4n) is 3.42. The summed E-state index contributed by atoms with van der Waals surface area (Å²) in [4.78, 5) is 54.9. The van der Waals surface area contributed by atoms with Gasteiger partial charge >= 0.3 is 11.9 Å². The molecule has 0 bridgehead atoms. The fraction of sp³-hybridized carbons (Fsp3) is 0.350. The number of amides is 1. The fourth-order valence-corrected chi connectivity index (χ4v) is 3.42. The SMILES string of the molecule is CN1c2c(nc(N)[nH]c2=O)NC[C@@H]1CNc1ccc(C(=O)N[C@@H](CCC(=O)O)C(=O)O)cc1.[Na]. The van der Waals surface area contributed by atoms with Crippen LogP contribution in [0.5, 0.6) is 0 Å². The molecule has 1 aliphatic rings. The average molecular weight is 482 g/mol. The van der Waals surface area contributed by atoms with Crippen LogP contribution < -0.4 is 32.1 Å². The molecule has 0 unspecified atom stereocenters. The van der Waals surface area contributed by atoms with Gasteiger partial charge in [0, 0.05) is 67.4 Å². The number of aromatic amines is 1. The number of rotatable bonds is 9. The van der Waals surface area contributed by atoms with Gasteiger partial charge in [-0.15, -0.1) is 0 Å². The molecule has 2 heterocycles. The number of anilines is 4. The molecule has 2 atom stereocenters. The van der Waals surface area contributed by atoms with Crippen LogP contribution in [-0.4, -0.2) is 99.8 Å². The van der Waals surface area contributed by atoms with Gasteiger partial charge in [0.15, 0.2) is 5.82 Å². The number of nitrogens with zero attached hydrogens (tertiary/aromatic N) is 2. The molecule has 0 fully saturated rings. The van der Waals surface area contributed by atoms with Crippen molar-refractivity contribution < 1.29 is 24.6 Å². The second kappa shape index (κ2) is 11.7. The molecule has 177 valence electrons. The number of nitrogens with two attached hydrogens (primary N) is 1. The van der Waals surface area contributed by atoms with Crippen molar-refractivity contribution in [2.75, 3.05) is 41.4 Å². The number of nitrogens with one attached hydrogen (secondary N) is 4. The summed E-state index contributed by atoms with van der Waals surface area (Å²) >= 11 is 0. The van der Waals surface area contributed by atoms with Crippen molar-refractivity contribution in [2.24, 2.45) is 0 Å². The van der Waals surface area contributed by atoms with Crippen LogP contribution in [0.2, 0.25) is 0 Å². The average Bonchev–Trinajstić information content (AvgIpc) is 2.75. The Kier molecular flexibility index (Phi) is 9.29. The number of carboxylic acid groups (broad SMARTS) is 2. The monoisotopic (exact) mass is 482 g/mol. The predicted octanol–water partition coefficient (Wildman–Crippen LogP) is -0.638. The number of hydrogen-bond acceptors (Lipinski definition) is 9. The van der Waals surface area contributed by atoms with E-state index in [4.69, 9.17) is 10.8 Å². The first-order valence-corrected chi connectivity index (χ1v) is 10.1. The van der Waals surface area contributed by atoms with Crippen LogP contribution in [0.4, 0.5) is 23.1 Å². The first kappa shape index (κ1) is 27.0. The van der Waals surface area contributed by atoms with Gasteiger partial charge in [-0.3, -0.25) is 19.4 Å². The van der Waals surface area contributed by atoms with Crippen molar-refractivity contribution in [3.63, 3.8) is 0 Å². The van der Waals surface area contributed by atoms with E-state index >= 15 is 0 Å². The van der Waals surface area contributed by atoms with Crippen LogP contribution in [0.3, 0.4) is 0 Å². The van der Waals surface area contributed by atoms with E-state index < -0.39 is 23.9 Å². The molecule has 0 aliphatic carbocycles. The number of benzene rings is 1. The van der Waals surface area contributed by atoms with E-state index in [1.54, 1.807) is 19.2 Å². The summed E-state index contributed by atoms with van der Waals surface area (Å²) < 4.78 is 0. The van der Waals surface area contributed by atoms with Gasteiger partial charge in [-0.1, -0.05) is 0 Å². The Morgan fingerprint density at radius 2 is 1.94 bits per heavy atom. The molecule has 0 saturated carbocycles. The summed E-state index contributed by atoms with van der Waals surface area (Å²) in [7, 11) is 1.79. The summed E-state index contributed by atoms with van der Waals surface area (Å²) in [5, 5.41) is 26.6. The third-order valence-corrected chi connectivity index (χ3v) is 5.26. The Balaban J connectivity index is 0.00000408. The van der Waals surface area contributed by atoms with Gasteiger partial charge in [-0.05, 0) is 30.7 Å². The van der Waals surface area contributed by atoms with Crippen molar-refractivity contribution in [1.29, 1.82) is 0 Å². The molecule has 14 heteroatoms. The minimum atomic E-state index is -1.30. The molecule has 1 aromatic heterocycles. The zero-order valence-corrected chi connectivity index (χ0v) is 20.8. The van der Waals surface area contributed by atoms with Crippen molar-refractivity contribution in [1.82, 2.24) is 15.3 Å². The number of hydrogen-bond donors (Lipinski definition) is 7. The maximum absolute atomic E-state index is 12.3. The van der Waals surface area contributed by atoms with Gasteiger partial charge in [-0.25, -0.2) is 4.79 Å². The first-order chi connectivity index (χ1) is 15.7. The molecule has 1 radical (unpaired) electrons. The van der Waals surface area contributed by atoms with Crippen molar-refractivity contribution >= 4 is 70.5 Å². The van der Waals surface area contributed by atoms with Crippen LogP contribution in [0.25, 0.3) is 0 Å². The van der Waals surface area contributed by atoms with Crippen LogP contribution in [0, 0.1) is 0 Å². The first-order valence-electron chi connectivity index (χ1n) is 10.1. The minimum absolute atomic E-state index is 0. The number of nitrogen functional groups attached to an aromatic ring is 1. The molecule has 0 saturated heterocycles. The van der Waals surface area contributed by atoms with E-state index in [9.17, 15) is 24.3 Å². The molecule has 1 amide bonds. The largest absolute Gasteiger partial charge is 0.481 e. The number of carbonyl (C=O) groups excluding carboxylic acids is 1. The summed E-state index contributed by atoms with van der Waals surface area (Å²) in [6.45, 7) is 1.01. The molecule has 3 rings (SSSR count). The predicted molar refractivity (Wildman–Crippen MR) is 126 cm³/mol. The van der Waals surface area contributed by atoms with E-state index in [1.165, 1.54) is 12.1 Å². The van der Waals surface area contributed by atoms with Crippen LogP contribution >= 0.6 is 0 Å². The van der Waals surface area contributed by atoms with E-state index in [0.29, 0.717) is 24.6 Å². The van der Waals surface area contributed by atoms with E-state index in [2.05, 4.69) is 25.9 Å². The van der Waals surface area contributed by atoms with Gasteiger partial charge in [0.1, 0.15) is 11.7 Å². The molecule has 34 heavy (non-hydrogen) atoms. The molecular formula is C20H25N7NaO6. The number of H-pyrrole nitrogens is 1. The molecular weight excluding hydrogens is 457 g/mol.